The van der Waals surface area contributed by atoms with Gasteiger partial charge in [-0.3, -0.25) is 0 Å². The average molecular weight is 348 g/mol. The Morgan fingerprint density at radius 2 is 1.72 bits per heavy atom. The van der Waals surface area contributed by atoms with E-state index in [0.29, 0.717) is 11.5 Å². The topological polar surface area (TPSA) is 63.6 Å². The minimum absolute atomic E-state index is 0.0909. The molecule has 0 aliphatic rings. The summed E-state index contributed by atoms with van der Waals surface area (Å²) in [6, 6.07) is 6.05. The standard InChI is InChI=1S/C21H32O4/c1-4-7-12-19(14-13-16(6-3)9-5-2)25-21(24)18-11-8-10-17(15-18)20(22)23/h8,10-11,15-16,19H,4-7,9,12-14H2,1-3H3,(H,22,23). The largest absolute Gasteiger partial charge is 0.478 e. The van der Waals surface area contributed by atoms with Gasteiger partial charge in [-0.1, -0.05) is 58.9 Å². The normalized spacial score (nSPS) is 13.2. The smallest absolute Gasteiger partial charge is 0.338 e. The molecule has 0 saturated heterocycles. The predicted octanol–water partition coefficient (Wildman–Crippen LogP) is 5.71. The zero-order valence-corrected chi connectivity index (χ0v) is 15.8. The molecule has 0 amide bonds. The monoisotopic (exact) mass is 348 g/mol. The molecule has 0 fully saturated rings. The van der Waals surface area contributed by atoms with E-state index in [1.165, 1.54) is 25.0 Å². The predicted molar refractivity (Wildman–Crippen MR) is 100 cm³/mol. The number of hydrogen-bond donors (Lipinski definition) is 1. The lowest BCUT2D eigenvalue weighted by molar-refractivity contribution is 0.0239. The third-order valence-electron chi connectivity index (χ3n) is 4.67. The summed E-state index contributed by atoms with van der Waals surface area (Å²) in [7, 11) is 0. The van der Waals surface area contributed by atoms with Crippen molar-refractivity contribution in [2.45, 2.75) is 78.2 Å². The molecule has 0 spiro atoms. The molecule has 0 radical (unpaired) electrons. The van der Waals surface area contributed by atoms with Crippen LogP contribution in [0.3, 0.4) is 0 Å². The van der Waals surface area contributed by atoms with Crippen molar-refractivity contribution in [1.29, 1.82) is 0 Å². The van der Waals surface area contributed by atoms with Crippen molar-refractivity contribution < 1.29 is 19.4 Å². The molecule has 0 aliphatic carbocycles. The molecule has 1 rings (SSSR count). The number of carbonyl (C=O) groups excluding carboxylic acids is 1. The summed E-state index contributed by atoms with van der Waals surface area (Å²) in [6.45, 7) is 6.54. The van der Waals surface area contributed by atoms with Crippen LogP contribution in [-0.2, 0) is 4.74 Å². The van der Waals surface area contributed by atoms with Crippen LogP contribution in [0.2, 0.25) is 0 Å². The van der Waals surface area contributed by atoms with Gasteiger partial charge >= 0.3 is 11.9 Å². The van der Waals surface area contributed by atoms with Gasteiger partial charge in [0.15, 0.2) is 0 Å². The molecule has 140 valence electrons. The molecule has 1 aromatic rings. The second kappa shape index (κ2) is 11.7. The van der Waals surface area contributed by atoms with E-state index in [-0.39, 0.29) is 11.7 Å². The van der Waals surface area contributed by atoms with Crippen LogP contribution in [-0.4, -0.2) is 23.1 Å². The van der Waals surface area contributed by atoms with Crippen LogP contribution in [0.1, 0.15) is 92.9 Å². The number of unbranched alkanes of at least 4 members (excludes halogenated alkanes) is 1. The molecular formula is C21H32O4. The minimum Gasteiger partial charge on any atom is -0.478 e. The molecule has 0 aliphatic heterocycles. The van der Waals surface area contributed by atoms with Crippen LogP contribution in [0.5, 0.6) is 0 Å². The zero-order valence-electron chi connectivity index (χ0n) is 15.8. The number of carboxylic acid groups (broad SMARTS) is 1. The minimum atomic E-state index is -1.04. The quantitative estimate of drug-likeness (QED) is 0.492. The Kier molecular flexibility index (Phi) is 9.90. The molecule has 2 unspecified atom stereocenters. The number of benzene rings is 1. The van der Waals surface area contributed by atoms with Gasteiger partial charge in [-0.25, -0.2) is 9.59 Å². The zero-order chi connectivity index (χ0) is 18.7. The highest BCUT2D eigenvalue weighted by Gasteiger charge is 2.18. The number of carbonyl (C=O) groups is 2. The first-order valence-corrected chi connectivity index (χ1v) is 9.56. The van der Waals surface area contributed by atoms with Crippen LogP contribution in [0, 0.1) is 5.92 Å². The van der Waals surface area contributed by atoms with E-state index in [4.69, 9.17) is 9.84 Å². The second-order valence-electron chi connectivity index (χ2n) is 6.70. The first-order chi connectivity index (χ1) is 12.0. The lowest BCUT2D eigenvalue weighted by Crippen LogP contribution is -2.20. The molecule has 4 heteroatoms. The number of esters is 1. The Balaban J connectivity index is 2.71. The van der Waals surface area contributed by atoms with E-state index in [9.17, 15) is 9.59 Å². The number of rotatable bonds is 12. The molecule has 4 nitrogen and oxygen atoms in total. The molecular weight excluding hydrogens is 316 g/mol. The van der Waals surface area contributed by atoms with Crippen molar-refractivity contribution in [3.8, 4) is 0 Å². The van der Waals surface area contributed by atoms with E-state index in [1.54, 1.807) is 12.1 Å². The molecule has 0 heterocycles. The molecule has 2 atom stereocenters. The van der Waals surface area contributed by atoms with Gasteiger partial charge in [-0.2, -0.15) is 0 Å². The van der Waals surface area contributed by atoms with E-state index >= 15 is 0 Å². The first kappa shape index (κ1) is 21.2. The Morgan fingerprint density at radius 3 is 2.32 bits per heavy atom. The fourth-order valence-corrected chi connectivity index (χ4v) is 3.08. The van der Waals surface area contributed by atoms with Crippen molar-refractivity contribution in [2.24, 2.45) is 5.92 Å². The lowest BCUT2D eigenvalue weighted by atomic mass is 9.93. The summed E-state index contributed by atoms with van der Waals surface area (Å²) in [4.78, 5) is 23.5. The Labute approximate surface area is 151 Å². The average Bonchev–Trinajstić information content (AvgIpc) is 2.62. The first-order valence-electron chi connectivity index (χ1n) is 9.56. The van der Waals surface area contributed by atoms with Gasteiger partial charge in [0.2, 0.25) is 0 Å². The lowest BCUT2D eigenvalue weighted by Gasteiger charge is -2.21. The Hall–Kier alpha value is -1.84. The molecule has 25 heavy (non-hydrogen) atoms. The van der Waals surface area contributed by atoms with Gasteiger partial charge in [0.1, 0.15) is 6.10 Å². The van der Waals surface area contributed by atoms with Crippen LogP contribution in [0.4, 0.5) is 0 Å². The van der Waals surface area contributed by atoms with Crippen LogP contribution < -0.4 is 0 Å². The van der Waals surface area contributed by atoms with Crippen molar-refractivity contribution in [3.63, 3.8) is 0 Å². The fraction of sp³-hybridized carbons (Fsp3) is 0.619. The molecule has 1 aromatic carbocycles. The Bertz CT molecular complexity index is 538. The summed E-state index contributed by atoms with van der Waals surface area (Å²) in [5.74, 6) is -0.779. The van der Waals surface area contributed by atoms with Crippen molar-refractivity contribution in [2.75, 3.05) is 0 Å². The van der Waals surface area contributed by atoms with Crippen LogP contribution in [0.25, 0.3) is 0 Å². The van der Waals surface area contributed by atoms with Gasteiger partial charge in [-0.05, 0) is 43.4 Å². The van der Waals surface area contributed by atoms with Gasteiger partial charge in [0.25, 0.3) is 0 Å². The second-order valence-corrected chi connectivity index (χ2v) is 6.70. The highest BCUT2D eigenvalue weighted by atomic mass is 16.5. The maximum atomic E-state index is 12.4. The van der Waals surface area contributed by atoms with Gasteiger partial charge in [-0.15, -0.1) is 0 Å². The number of ether oxygens (including phenoxy) is 1. The summed E-state index contributed by atoms with van der Waals surface area (Å²) < 4.78 is 5.71. The van der Waals surface area contributed by atoms with Crippen LogP contribution >= 0.6 is 0 Å². The van der Waals surface area contributed by atoms with Gasteiger partial charge in [0, 0.05) is 0 Å². The summed E-state index contributed by atoms with van der Waals surface area (Å²) in [5, 5.41) is 9.06. The van der Waals surface area contributed by atoms with E-state index < -0.39 is 11.9 Å². The highest BCUT2D eigenvalue weighted by Crippen LogP contribution is 2.22. The number of aromatic carboxylic acids is 1. The van der Waals surface area contributed by atoms with Crippen molar-refractivity contribution in [1.82, 2.24) is 0 Å². The summed E-state index contributed by atoms with van der Waals surface area (Å²) in [5.41, 5.74) is 0.413. The number of hydrogen-bond acceptors (Lipinski definition) is 3. The molecule has 0 bridgehead atoms. The maximum absolute atomic E-state index is 12.4. The van der Waals surface area contributed by atoms with E-state index in [0.717, 1.165) is 38.5 Å². The molecule has 0 saturated carbocycles. The Morgan fingerprint density at radius 1 is 1.00 bits per heavy atom. The third-order valence-corrected chi connectivity index (χ3v) is 4.67. The van der Waals surface area contributed by atoms with Gasteiger partial charge in [0.05, 0.1) is 11.1 Å². The highest BCUT2D eigenvalue weighted by molar-refractivity contribution is 5.94. The maximum Gasteiger partial charge on any atom is 0.338 e. The van der Waals surface area contributed by atoms with Crippen LogP contribution in [0.15, 0.2) is 24.3 Å². The summed E-state index contributed by atoms with van der Waals surface area (Å²) in [6.07, 6.45) is 8.36. The summed E-state index contributed by atoms with van der Waals surface area (Å²) >= 11 is 0. The third kappa shape index (κ3) is 7.72. The van der Waals surface area contributed by atoms with Crippen molar-refractivity contribution in [3.05, 3.63) is 35.4 Å². The fourth-order valence-electron chi connectivity index (χ4n) is 3.08. The van der Waals surface area contributed by atoms with Gasteiger partial charge < -0.3 is 9.84 Å². The van der Waals surface area contributed by atoms with Crippen molar-refractivity contribution >= 4 is 11.9 Å². The van der Waals surface area contributed by atoms with E-state index in [2.05, 4.69) is 20.8 Å². The number of carboxylic acids is 1. The SMILES string of the molecule is CCCCC(CCC(CC)CCC)OC(=O)c1cccc(C(=O)O)c1. The van der Waals surface area contributed by atoms with E-state index in [1.807, 2.05) is 0 Å². The molecule has 1 N–H and O–H groups in total. The molecule has 0 aromatic heterocycles.